The van der Waals surface area contributed by atoms with Crippen molar-refractivity contribution in [1.82, 2.24) is 9.97 Å². The predicted molar refractivity (Wildman–Crippen MR) is 142 cm³/mol. The van der Waals surface area contributed by atoms with E-state index in [-0.39, 0.29) is 5.91 Å². The summed E-state index contributed by atoms with van der Waals surface area (Å²) < 4.78 is 0. The molecule has 5 rings (SSSR count). The Kier molecular flexibility index (Phi) is 6.09. The molecule has 0 bridgehead atoms. The summed E-state index contributed by atoms with van der Waals surface area (Å²) in [5.74, 6) is -0.223. The van der Waals surface area contributed by atoms with Crippen LogP contribution in [0.4, 0.5) is 5.13 Å². The van der Waals surface area contributed by atoms with Crippen LogP contribution in [0, 0.1) is 13.8 Å². The number of amides is 1. The van der Waals surface area contributed by atoms with E-state index in [2.05, 4.69) is 10.3 Å². The van der Waals surface area contributed by atoms with Crippen molar-refractivity contribution < 1.29 is 4.79 Å². The molecule has 168 valence electrons. The molecule has 1 amide bonds. The van der Waals surface area contributed by atoms with Gasteiger partial charge in [-0.1, -0.05) is 77.3 Å². The van der Waals surface area contributed by atoms with Crippen LogP contribution in [0.25, 0.3) is 33.4 Å². The van der Waals surface area contributed by atoms with Gasteiger partial charge in [0, 0.05) is 21.9 Å². The fraction of sp³-hybridized carbons (Fsp3) is 0.0741. The van der Waals surface area contributed by atoms with Crippen molar-refractivity contribution in [2.45, 2.75) is 13.8 Å². The van der Waals surface area contributed by atoms with Gasteiger partial charge in [0.2, 0.25) is 0 Å². The summed E-state index contributed by atoms with van der Waals surface area (Å²) in [4.78, 5) is 23.0. The first-order valence-electron chi connectivity index (χ1n) is 10.6. The third-order valence-electron chi connectivity index (χ3n) is 5.63. The molecule has 0 aliphatic heterocycles. The number of para-hydroxylation sites is 1. The Morgan fingerprint density at radius 1 is 0.882 bits per heavy atom. The Bertz CT molecular complexity index is 1540. The second kappa shape index (κ2) is 9.18. The number of carbonyl (C=O) groups excluding carboxylic acids is 1. The molecule has 5 aromatic rings. The summed E-state index contributed by atoms with van der Waals surface area (Å²) in [6.07, 6.45) is 0. The number of hydrogen-bond acceptors (Lipinski definition) is 4. The summed E-state index contributed by atoms with van der Waals surface area (Å²) in [7, 11) is 0. The molecule has 4 nitrogen and oxygen atoms in total. The van der Waals surface area contributed by atoms with Gasteiger partial charge in [-0.15, -0.1) is 11.3 Å². The number of carbonyl (C=O) groups is 1. The van der Waals surface area contributed by atoms with Crippen LogP contribution in [0.5, 0.6) is 0 Å². The largest absolute Gasteiger partial charge is 0.298 e. The van der Waals surface area contributed by atoms with E-state index in [4.69, 9.17) is 28.2 Å². The number of fused-ring (bicyclic) bond motifs is 1. The van der Waals surface area contributed by atoms with Crippen LogP contribution >= 0.6 is 34.5 Å². The fourth-order valence-corrected chi connectivity index (χ4v) is 4.88. The fourth-order valence-electron chi connectivity index (χ4n) is 3.87. The number of nitrogens with zero attached hydrogens (tertiary/aromatic N) is 2. The lowest BCUT2D eigenvalue weighted by Crippen LogP contribution is -2.15. The molecule has 0 spiro atoms. The van der Waals surface area contributed by atoms with Crippen LogP contribution in [-0.4, -0.2) is 15.9 Å². The van der Waals surface area contributed by atoms with Crippen molar-refractivity contribution in [3.05, 3.63) is 98.8 Å². The minimum Gasteiger partial charge on any atom is -0.298 e. The normalized spacial score (nSPS) is 11.1. The molecular formula is C27H19Cl2N3OS. The van der Waals surface area contributed by atoms with E-state index in [1.807, 2.05) is 73.8 Å². The van der Waals surface area contributed by atoms with Crippen LogP contribution in [-0.2, 0) is 0 Å². The average Bonchev–Trinajstić information content (AvgIpc) is 3.29. The third kappa shape index (κ3) is 4.30. The highest BCUT2D eigenvalue weighted by atomic mass is 35.5. The maximum atomic E-state index is 13.5. The van der Waals surface area contributed by atoms with Gasteiger partial charge in [0.15, 0.2) is 5.13 Å². The standard InChI is InChI=1S/C27H19Cl2N3OS/c1-15-7-9-17(10-8-15)25-16(2)24(19-5-3-4-6-22(19)30-25)26(33)32-27-31-23(14-34-27)18-11-12-20(28)21(29)13-18/h3-14H,1-2H3,(H,31,32,33). The molecule has 3 aromatic carbocycles. The van der Waals surface area contributed by atoms with Gasteiger partial charge in [-0.05, 0) is 37.6 Å². The number of hydrogen-bond donors (Lipinski definition) is 1. The highest BCUT2D eigenvalue weighted by Gasteiger charge is 2.20. The number of halogens is 2. The second-order valence-corrected chi connectivity index (χ2v) is 9.64. The number of thiazole rings is 1. The Labute approximate surface area is 211 Å². The van der Waals surface area contributed by atoms with Gasteiger partial charge in [-0.3, -0.25) is 10.1 Å². The van der Waals surface area contributed by atoms with Crippen LogP contribution in [0.1, 0.15) is 21.5 Å². The van der Waals surface area contributed by atoms with Crippen molar-refractivity contribution in [2.75, 3.05) is 5.32 Å². The van der Waals surface area contributed by atoms with Crippen LogP contribution in [0.15, 0.2) is 72.1 Å². The van der Waals surface area contributed by atoms with Gasteiger partial charge < -0.3 is 0 Å². The summed E-state index contributed by atoms with van der Waals surface area (Å²) in [6.45, 7) is 3.98. The monoisotopic (exact) mass is 503 g/mol. The third-order valence-corrected chi connectivity index (χ3v) is 7.12. The van der Waals surface area contributed by atoms with Crippen LogP contribution < -0.4 is 5.32 Å². The number of pyridine rings is 1. The van der Waals surface area contributed by atoms with E-state index in [0.717, 1.165) is 39.0 Å². The van der Waals surface area contributed by atoms with Gasteiger partial charge in [-0.25, -0.2) is 9.97 Å². The topological polar surface area (TPSA) is 54.9 Å². The summed E-state index contributed by atoms with van der Waals surface area (Å²) in [5, 5.41) is 7.10. The van der Waals surface area contributed by atoms with Crippen molar-refractivity contribution in [3.8, 4) is 22.5 Å². The smallest absolute Gasteiger partial charge is 0.258 e. The van der Waals surface area contributed by atoms with E-state index in [0.29, 0.717) is 20.7 Å². The molecule has 0 saturated carbocycles. The average molecular weight is 504 g/mol. The molecule has 0 fully saturated rings. The molecule has 0 aliphatic carbocycles. The zero-order chi connectivity index (χ0) is 23.8. The molecule has 0 aliphatic rings. The van der Waals surface area contributed by atoms with Crippen LogP contribution in [0.3, 0.4) is 0 Å². The number of benzene rings is 3. The lowest BCUT2D eigenvalue weighted by Gasteiger charge is -2.14. The van der Waals surface area contributed by atoms with Gasteiger partial charge in [0.25, 0.3) is 5.91 Å². The molecule has 1 N–H and O–H groups in total. The van der Waals surface area contributed by atoms with Crippen molar-refractivity contribution in [3.63, 3.8) is 0 Å². The lowest BCUT2D eigenvalue weighted by molar-refractivity contribution is 0.102. The highest BCUT2D eigenvalue weighted by molar-refractivity contribution is 7.14. The Morgan fingerprint density at radius 2 is 1.62 bits per heavy atom. The summed E-state index contributed by atoms with van der Waals surface area (Å²) in [6, 6.07) is 21.2. The van der Waals surface area contributed by atoms with Crippen molar-refractivity contribution >= 4 is 56.5 Å². The van der Waals surface area contributed by atoms with Crippen LogP contribution in [0.2, 0.25) is 10.0 Å². The molecule has 0 saturated heterocycles. The van der Waals surface area contributed by atoms with E-state index < -0.39 is 0 Å². The number of rotatable bonds is 4. The van der Waals surface area contributed by atoms with Crippen molar-refractivity contribution in [2.24, 2.45) is 0 Å². The van der Waals surface area contributed by atoms with E-state index >= 15 is 0 Å². The first-order valence-corrected chi connectivity index (χ1v) is 12.2. The maximum absolute atomic E-state index is 13.5. The maximum Gasteiger partial charge on any atom is 0.258 e. The first kappa shape index (κ1) is 22.5. The minimum absolute atomic E-state index is 0.223. The number of aromatic nitrogens is 2. The van der Waals surface area contributed by atoms with E-state index in [9.17, 15) is 4.79 Å². The van der Waals surface area contributed by atoms with Gasteiger partial charge in [-0.2, -0.15) is 0 Å². The SMILES string of the molecule is Cc1ccc(-c2nc3ccccc3c(C(=O)Nc3nc(-c4ccc(Cl)c(Cl)c4)cs3)c2C)cc1. The quantitative estimate of drug-likeness (QED) is 0.268. The lowest BCUT2D eigenvalue weighted by atomic mass is 9.97. The second-order valence-electron chi connectivity index (χ2n) is 7.96. The molecule has 0 unspecified atom stereocenters. The molecule has 0 radical (unpaired) electrons. The van der Waals surface area contributed by atoms with Gasteiger partial charge in [0.1, 0.15) is 0 Å². The molecule has 0 atom stereocenters. The van der Waals surface area contributed by atoms with Crippen molar-refractivity contribution in [1.29, 1.82) is 0 Å². The minimum atomic E-state index is -0.223. The predicted octanol–water partition coefficient (Wildman–Crippen LogP) is 8.20. The number of nitrogens with one attached hydrogen (secondary N) is 1. The zero-order valence-electron chi connectivity index (χ0n) is 18.4. The highest BCUT2D eigenvalue weighted by Crippen LogP contribution is 2.33. The van der Waals surface area contributed by atoms with E-state index in [1.54, 1.807) is 12.1 Å². The number of aryl methyl sites for hydroxylation is 1. The molecule has 2 aromatic heterocycles. The Morgan fingerprint density at radius 3 is 2.38 bits per heavy atom. The zero-order valence-corrected chi connectivity index (χ0v) is 20.7. The number of anilines is 1. The summed E-state index contributed by atoms with van der Waals surface area (Å²) in [5.41, 5.74) is 6.66. The van der Waals surface area contributed by atoms with E-state index in [1.165, 1.54) is 16.9 Å². The first-order chi connectivity index (χ1) is 16.4. The molecular weight excluding hydrogens is 485 g/mol. The molecule has 7 heteroatoms. The Balaban J connectivity index is 1.53. The summed E-state index contributed by atoms with van der Waals surface area (Å²) >= 11 is 13.5. The van der Waals surface area contributed by atoms with Gasteiger partial charge >= 0.3 is 0 Å². The molecule has 34 heavy (non-hydrogen) atoms. The Hall–Kier alpha value is -3.25. The van der Waals surface area contributed by atoms with Gasteiger partial charge in [0.05, 0.1) is 32.5 Å². The molecule has 2 heterocycles.